The Morgan fingerprint density at radius 3 is 2.92 bits per heavy atom. The van der Waals surface area contributed by atoms with E-state index in [9.17, 15) is 0 Å². The molecular weight excluding hydrogens is 334 g/mol. The Morgan fingerprint density at radius 1 is 1.20 bits per heavy atom. The fraction of sp³-hybridized carbons (Fsp3) is 0. The molecule has 0 atom stereocenters. The number of anilines is 3. The number of nitrogen functional groups attached to an aromatic ring is 1. The summed E-state index contributed by atoms with van der Waals surface area (Å²) in [5.74, 6) is 1.21. The van der Waals surface area contributed by atoms with Crippen LogP contribution in [-0.4, -0.2) is 26.2 Å². The lowest BCUT2D eigenvalue weighted by atomic mass is 10.1. The van der Waals surface area contributed by atoms with Crippen LogP contribution >= 0.6 is 11.3 Å². The number of benzene rings is 1. The number of thiazole rings is 1. The van der Waals surface area contributed by atoms with E-state index in [0.29, 0.717) is 28.5 Å². The van der Waals surface area contributed by atoms with E-state index in [-0.39, 0.29) is 0 Å². The highest BCUT2D eigenvalue weighted by atomic mass is 32.1. The molecule has 0 aliphatic carbocycles. The van der Waals surface area contributed by atoms with Crippen LogP contribution in [0.25, 0.3) is 21.7 Å². The molecule has 0 aliphatic heterocycles. The fourth-order valence-electron chi connectivity index (χ4n) is 2.41. The lowest BCUT2D eigenvalue weighted by molar-refractivity contribution is 1.19. The summed E-state index contributed by atoms with van der Waals surface area (Å²) in [5.41, 5.74) is 10.2. The van der Waals surface area contributed by atoms with Gasteiger partial charge in [-0.25, -0.2) is 15.0 Å². The molecule has 0 saturated carbocycles. The maximum Gasteiger partial charge on any atom is 0.175 e. The number of fused-ring (bicyclic) bond motifs is 1. The molecule has 0 amide bonds. The molecule has 0 aliphatic rings. The summed E-state index contributed by atoms with van der Waals surface area (Å²) in [6, 6.07) is 9.16. The zero-order valence-corrected chi connectivity index (χ0v) is 13.8. The summed E-state index contributed by atoms with van der Waals surface area (Å²) in [6.07, 6.45) is 4.66. The van der Waals surface area contributed by atoms with Crippen molar-refractivity contribution in [3.63, 3.8) is 0 Å². The molecule has 3 heterocycles. The molecular formula is C17H13N7S. The van der Waals surface area contributed by atoms with Crippen molar-refractivity contribution in [2.24, 2.45) is 0 Å². The van der Waals surface area contributed by atoms with Crippen molar-refractivity contribution < 1.29 is 0 Å². The number of hydrogen-bond acceptors (Lipinski definition) is 8. The number of hydrogen-bond donors (Lipinski definition) is 3. The number of rotatable bonds is 4. The van der Waals surface area contributed by atoms with Crippen molar-refractivity contribution in [2.45, 2.75) is 0 Å². The highest BCUT2D eigenvalue weighted by Gasteiger charge is 2.12. The zero-order valence-electron chi connectivity index (χ0n) is 13.0. The zero-order chi connectivity index (χ0) is 17.2. The number of nitrogens with one attached hydrogen (secondary N) is 2. The second-order valence-corrected chi connectivity index (χ2v) is 6.14. The lowest BCUT2D eigenvalue weighted by Gasteiger charge is -2.11. The maximum absolute atomic E-state index is 7.45. The fourth-order valence-corrected chi connectivity index (χ4v) is 2.96. The van der Waals surface area contributed by atoms with Gasteiger partial charge in [0.1, 0.15) is 5.82 Å². The summed E-state index contributed by atoms with van der Waals surface area (Å²) in [6.45, 7) is 0. The van der Waals surface area contributed by atoms with Crippen molar-refractivity contribution in [1.82, 2.24) is 19.9 Å². The number of aromatic nitrogens is 4. The first kappa shape index (κ1) is 15.2. The van der Waals surface area contributed by atoms with Gasteiger partial charge in [0.05, 0.1) is 15.8 Å². The molecule has 0 radical (unpaired) electrons. The molecule has 25 heavy (non-hydrogen) atoms. The topological polar surface area (TPSA) is 113 Å². The summed E-state index contributed by atoms with van der Waals surface area (Å²) in [7, 11) is 0. The van der Waals surface area contributed by atoms with Gasteiger partial charge < -0.3 is 16.5 Å². The largest absolute Gasteiger partial charge is 0.398 e. The number of nitrogens with zero attached hydrogens (tertiary/aromatic N) is 4. The molecule has 0 unspecified atom stereocenters. The first-order valence-electron chi connectivity index (χ1n) is 7.43. The van der Waals surface area contributed by atoms with Gasteiger partial charge in [-0.05, 0) is 30.3 Å². The highest BCUT2D eigenvalue weighted by Crippen LogP contribution is 2.28. The molecule has 4 N–H and O–H groups in total. The van der Waals surface area contributed by atoms with Crippen molar-refractivity contribution >= 4 is 45.8 Å². The molecule has 0 fully saturated rings. The molecule has 4 aromatic rings. The van der Waals surface area contributed by atoms with Crippen LogP contribution in [0.1, 0.15) is 5.56 Å². The van der Waals surface area contributed by atoms with Crippen LogP contribution in [0, 0.1) is 5.41 Å². The average molecular weight is 347 g/mol. The van der Waals surface area contributed by atoms with E-state index in [4.69, 9.17) is 11.1 Å². The van der Waals surface area contributed by atoms with Crippen LogP contribution in [0.5, 0.6) is 0 Å². The van der Waals surface area contributed by atoms with Gasteiger partial charge in [-0.15, -0.1) is 11.3 Å². The minimum atomic E-state index is 0.556. The smallest absolute Gasteiger partial charge is 0.175 e. The standard InChI is InChI=1S/C17H13N7S/c18-7-10-6-11(3-4-13(10)19)22-16-12-2-1-5-21-15(12)23-17(24-16)14-8-20-9-25-14/h1-9,18H,19H2,(H,21,22,23,24). The summed E-state index contributed by atoms with van der Waals surface area (Å²) in [4.78, 5) is 18.4. The quantitative estimate of drug-likeness (QED) is 0.385. The van der Waals surface area contributed by atoms with Gasteiger partial charge in [0.15, 0.2) is 11.5 Å². The lowest BCUT2D eigenvalue weighted by Crippen LogP contribution is -2.01. The van der Waals surface area contributed by atoms with Crippen molar-refractivity contribution in [2.75, 3.05) is 11.1 Å². The minimum absolute atomic E-state index is 0.556. The van der Waals surface area contributed by atoms with Crippen LogP contribution in [0.3, 0.4) is 0 Å². The van der Waals surface area contributed by atoms with Crippen molar-refractivity contribution in [1.29, 1.82) is 5.41 Å². The molecule has 122 valence electrons. The molecule has 0 bridgehead atoms. The van der Waals surface area contributed by atoms with Gasteiger partial charge in [-0.2, -0.15) is 0 Å². The van der Waals surface area contributed by atoms with E-state index < -0.39 is 0 Å². The molecule has 3 aromatic heterocycles. The Kier molecular flexibility index (Phi) is 3.79. The van der Waals surface area contributed by atoms with E-state index in [1.807, 2.05) is 18.2 Å². The van der Waals surface area contributed by atoms with E-state index in [0.717, 1.165) is 16.0 Å². The van der Waals surface area contributed by atoms with Crippen LogP contribution in [0.4, 0.5) is 17.2 Å². The first-order valence-corrected chi connectivity index (χ1v) is 8.31. The predicted octanol–water partition coefficient (Wildman–Crippen LogP) is 3.47. The van der Waals surface area contributed by atoms with Crippen LogP contribution in [0.15, 0.2) is 48.2 Å². The van der Waals surface area contributed by atoms with E-state index >= 15 is 0 Å². The van der Waals surface area contributed by atoms with Crippen LogP contribution in [-0.2, 0) is 0 Å². The monoisotopic (exact) mass is 347 g/mol. The second-order valence-electron chi connectivity index (χ2n) is 5.25. The van der Waals surface area contributed by atoms with Crippen molar-refractivity contribution in [3.05, 3.63) is 53.8 Å². The molecule has 0 spiro atoms. The van der Waals surface area contributed by atoms with Gasteiger partial charge in [0.25, 0.3) is 0 Å². The van der Waals surface area contributed by atoms with Crippen LogP contribution < -0.4 is 11.1 Å². The Hall–Kier alpha value is -3.39. The first-order chi connectivity index (χ1) is 12.2. The Labute approximate surface area is 147 Å². The third-order valence-corrected chi connectivity index (χ3v) is 4.40. The van der Waals surface area contributed by atoms with Gasteiger partial charge in [-0.3, -0.25) is 4.98 Å². The predicted molar refractivity (Wildman–Crippen MR) is 100 cm³/mol. The normalized spacial score (nSPS) is 10.7. The van der Waals surface area contributed by atoms with E-state index in [2.05, 4.69) is 25.3 Å². The third kappa shape index (κ3) is 2.90. The van der Waals surface area contributed by atoms with Crippen LogP contribution in [0.2, 0.25) is 0 Å². The molecule has 1 aromatic carbocycles. The van der Waals surface area contributed by atoms with Crippen molar-refractivity contribution in [3.8, 4) is 10.7 Å². The number of nitrogens with two attached hydrogens (primary N) is 1. The Bertz CT molecular complexity index is 1060. The number of pyridine rings is 1. The highest BCUT2D eigenvalue weighted by molar-refractivity contribution is 7.13. The second kappa shape index (κ2) is 6.25. The SMILES string of the molecule is N=Cc1cc(Nc2nc(-c3cncs3)nc3ncccc23)ccc1N. The summed E-state index contributed by atoms with van der Waals surface area (Å²) < 4.78 is 0. The maximum atomic E-state index is 7.45. The van der Waals surface area contributed by atoms with E-state index in [1.54, 1.807) is 30.0 Å². The molecule has 4 rings (SSSR count). The molecule has 7 nitrogen and oxygen atoms in total. The molecule has 8 heteroatoms. The third-order valence-electron chi connectivity index (χ3n) is 3.63. The van der Waals surface area contributed by atoms with Gasteiger partial charge >= 0.3 is 0 Å². The Balaban J connectivity index is 1.84. The average Bonchev–Trinajstić information content (AvgIpc) is 3.18. The van der Waals surface area contributed by atoms with Gasteiger partial charge in [0.2, 0.25) is 0 Å². The summed E-state index contributed by atoms with van der Waals surface area (Å²) in [5, 5.41) is 11.5. The minimum Gasteiger partial charge on any atom is -0.398 e. The Morgan fingerprint density at radius 2 is 2.12 bits per heavy atom. The summed E-state index contributed by atoms with van der Waals surface area (Å²) >= 11 is 1.47. The van der Waals surface area contributed by atoms with Gasteiger partial charge in [-0.1, -0.05) is 0 Å². The van der Waals surface area contributed by atoms with Gasteiger partial charge in [0, 0.05) is 35.5 Å². The van der Waals surface area contributed by atoms with E-state index in [1.165, 1.54) is 17.6 Å². The molecule has 0 saturated heterocycles.